The van der Waals surface area contributed by atoms with Gasteiger partial charge in [0.25, 0.3) is 11.5 Å². The maximum atomic E-state index is 12.6. The van der Waals surface area contributed by atoms with Gasteiger partial charge in [-0.15, -0.1) is 0 Å². The SMILES string of the molecule is C=c1[nH]n(-c2nc(C)cc(C)n2)c(=O)/c1=C\Nc1ccc(C)cc1. The predicted octanol–water partition coefficient (Wildman–Crippen LogP) is 1.14. The number of rotatable bonds is 3. The fourth-order valence-electron chi connectivity index (χ4n) is 2.40. The zero-order valence-corrected chi connectivity index (χ0v) is 13.9. The Kier molecular flexibility index (Phi) is 4.04. The Morgan fingerprint density at radius 3 is 2.38 bits per heavy atom. The Labute approximate surface area is 139 Å². The lowest BCUT2D eigenvalue weighted by atomic mass is 10.2. The quantitative estimate of drug-likeness (QED) is 0.758. The third-order valence-corrected chi connectivity index (χ3v) is 3.61. The fourth-order valence-corrected chi connectivity index (χ4v) is 2.40. The van der Waals surface area contributed by atoms with Gasteiger partial charge in [-0.1, -0.05) is 24.3 Å². The van der Waals surface area contributed by atoms with Gasteiger partial charge in [-0.05, 0) is 39.0 Å². The molecule has 122 valence electrons. The van der Waals surface area contributed by atoms with Crippen LogP contribution in [0.1, 0.15) is 17.0 Å². The topological polar surface area (TPSA) is 75.6 Å². The van der Waals surface area contributed by atoms with Gasteiger partial charge in [0.1, 0.15) is 0 Å². The maximum Gasteiger partial charge on any atom is 0.283 e. The first kappa shape index (κ1) is 15.7. The molecule has 0 atom stereocenters. The first-order chi connectivity index (χ1) is 11.4. The minimum atomic E-state index is -0.246. The van der Waals surface area contributed by atoms with Crippen molar-refractivity contribution in [2.24, 2.45) is 0 Å². The number of benzene rings is 1. The molecule has 0 bridgehead atoms. The van der Waals surface area contributed by atoms with Crippen molar-refractivity contribution in [3.05, 3.63) is 68.2 Å². The molecule has 0 aliphatic carbocycles. The standard InChI is InChI=1S/C18H19N5O/c1-11-5-7-15(8-6-11)19-10-16-14(4)22-23(17(16)24)18-20-12(2)9-13(3)21-18/h5-10,19,22H,4H2,1-3H3/b16-10-. The van der Waals surface area contributed by atoms with E-state index in [9.17, 15) is 4.79 Å². The van der Waals surface area contributed by atoms with Crippen molar-refractivity contribution in [2.75, 3.05) is 5.32 Å². The average Bonchev–Trinajstić information content (AvgIpc) is 2.81. The number of hydrogen-bond donors (Lipinski definition) is 2. The summed E-state index contributed by atoms with van der Waals surface area (Å²) in [6, 6.07) is 9.76. The van der Waals surface area contributed by atoms with Crippen LogP contribution < -0.4 is 21.4 Å². The summed E-state index contributed by atoms with van der Waals surface area (Å²) < 4.78 is 1.31. The van der Waals surface area contributed by atoms with Gasteiger partial charge in [-0.2, -0.15) is 4.68 Å². The lowest BCUT2D eigenvalue weighted by molar-refractivity contribution is 0.764. The van der Waals surface area contributed by atoms with Crippen molar-refractivity contribution in [2.45, 2.75) is 20.8 Å². The van der Waals surface area contributed by atoms with Crippen LogP contribution in [-0.2, 0) is 0 Å². The van der Waals surface area contributed by atoms with Crippen molar-refractivity contribution in [3.8, 4) is 5.95 Å². The highest BCUT2D eigenvalue weighted by molar-refractivity contribution is 5.54. The van der Waals surface area contributed by atoms with Gasteiger partial charge in [-0.25, -0.2) is 9.97 Å². The van der Waals surface area contributed by atoms with E-state index < -0.39 is 0 Å². The molecular weight excluding hydrogens is 302 g/mol. The summed E-state index contributed by atoms with van der Waals surface area (Å²) in [5, 5.41) is 6.99. The van der Waals surface area contributed by atoms with E-state index in [0.717, 1.165) is 17.1 Å². The molecule has 2 aromatic heterocycles. The third kappa shape index (κ3) is 3.12. The highest BCUT2D eigenvalue weighted by Crippen LogP contribution is 2.07. The lowest BCUT2D eigenvalue weighted by Crippen LogP contribution is -2.35. The molecule has 0 radical (unpaired) electrons. The molecule has 6 heteroatoms. The van der Waals surface area contributed by atoms with Gasteiger partial charge >= 0.3 is 0 Å². The third-order valence-electron chi connectivity index (χ3n) is 3.61. The molecule has 2 N–H and O–H groups in total. The molecule has 0 aliphatic heterocycles. The van der Waals surface area contributed by atoms with E-state index in [4.69, 9.17) is 0 Å². The van der Waals surface area contributed by atoms with Crippen LogP contribution in [0.4, 0.5) is 5.69 Å². The largest absolute Gasteiger partial charge is 0.361 e. The van der Waals surface area contributed by atoms with Gasteiger partial charge in [0.2, 0.25) is 0 Å². The van der Waals surface area contributed by atoms with E-state index in [1.807, 2.05) is 51.1 Å². The predicted molar refractivity (Wildman–Crippen MR) is 95.5 cm³/mol. The molecule has 6 nitrogen and oxygen atoms in total. The van der Waals surface area contributed by atoms with Gasteiger partial charge in [-0.3, -0.25) is 9.89 Å². The molecule has 2 heterocycles. The number of aryl methyl sites for hydroxylation is 3. The molecule has 24 heavy (non-hydrogen) atoms. The van der Waals surface area contributed by atoms with Crippen LogP contribution in [0.3, 0.4) is 0 Å². The second-order valence-corrected chi connectivity index (χ2v) is 5.75. The zero-order valence-electron chi connectivity index (χ0n) is 13.9. The summed E-state index contributed by atoms with van der Waals surface area (Å²) in [4.78, 5) is 21.2. The second-order valence-electron chi connectivity index (χ2n) is 5.75. The number of nitrogens with zero attached hydrogens (tertiary/aromatic N) is 3. The second kappa shape index (κ2) is 6.16. The van der Waals surface area contributed by atoms with Crippen molar-refractivity contribution in [3.63, 3.8) is 0 Å². The molecule has 0 fully saturated rings. The molecule has 1 aromatic carbocycles. The number of aromatic nitrogens is 4. The van der Waals surface area contributed by atoms with Crippen molar-refractivity contribution in [1.82, 2.24) is 19.7 Å². The summed E-state index contributed by atoms with van der Waals surface area (Å²) >= 11 is 0. The van der Waals surface area contributed by atoms with Crippen LogP contribution in [0.2, 0.25) is 0 Å². The molecule has 3 aromatic rings. The van der Waals surface area contributed by atoms with E-state index in [0.29, 0.717) is 16.5 Å². The van der Waals surface area contributed by atoms with Crippen LogP contribution in [0, 0.1) is 20.8 Å². The molecule has 0 unspecified atom stereocenters. The van der Waals surface area contributed by atoms with E-state index in [1.165, 1.54) is 10.2 Å². The molecule has 0 amide bonds. The summed E-state index contributed by atoms with van der Waals surface area (Å²) in [5.74, 6) is 0.317. The maximum absolute atomic E-state index is 12.6. The minimum absolute atomic E-state index is 0.246. The van der Waals surface area contributed by atoms with Crippen LogP contribution in [0.15, 0.2) is 35.1 Å². The van der Waals surface area contributed by atoms with Crippen LogP contribution in [0.5, 0.6) is 0 Å². The number of aromatic amines is 1. The van der Waals surface area contributed by atoms with Gasteiger partial charge < -0.3 is 5.32 Å². The Bertz CT molecular complexity index is 1020. The van der Waals surface area contributed by atoms with Crippen LogP contribution in [-0.4, -0.2) is 19.7 Å². The number of anilines is 1. The van der Waals surface area contributed by atoms with Crippen molar-refractivity contribution >= 4 is 18.5 Å². The number of H-pyrrole nitrogens is 1. The van der Waals surface area contributed by atoms with Gasteiger partial charge in [0.15, 0.2) is 0 Å². The number of nitrogens with one attached hydrogen (secondary N) is 2. The molecular formula is C18H19N5O. The van der Waals surface area contributed by atoms with E-state index in [1.54, 1.807) is 6.20 Å². The van der Waals surface area contributed by atoms with Crippen molar-refractivity contribution < 1.29 is 0 Å². The summed E-state index contributed by atoms with van der Waals surface area (Å²) in [6.45, 7) is 9.65. The highest BCUT2D eigenvalue weighted by atomic mass is 16.1. The van der Waals surface area contributed by atoms with Gasteiger partial charge in [0, 0.05) is 23.3 Å². The summed E-state index contributed by atoms with van der Waals surface area (Å²) in [5.41, 5.74) is 3.43. The molecule has 0 aliphatic rings. The minimum Gasteiger partial charge on any atom is -0.361 e. The Morgan fingerprint density at radius 1 is 1.12 bits per heavy atom. The average molecular weight is 321 g/mol. The fraction of sp³-hybridized carbons (Fsp3) is 0.167. The highest BCUT2D eigenvalue weighted by Gasteiger charge is 2.08. The number of hydrogen-bond acceptors (Lipinski definition) is 4. The lowest BCUT2D eigenvalue weighted by Gasteiger charge is -2.02. The van der Waals surface area contributed by atoms with Crippen molar-refractivity contribution in [1.29, 1.82) is 0 Å². The van der Waals surface area contributed by atoms with Gasteiger partial charge in [0.05, 0.1) is 10.6 Å². The monoisotopic (exact) mass is 321 g/mol. The van der Waals surface area contributed by atoms with E-state index >= 15 is 0 Å². The normalized spacial score (nSPS) is 11.7. The first-order valence-corrected chi connectivity index (χ1v) is 7.60. The summed E-state index contributed by atoms with van der Waals surface area (Å²) in [7, 11) is 0. The molecule has 0 saturated carbocycles. The van der Waals surface area contributed by atoms with Crippen LogP contribution in [0.25, 0.3) is 18.7 Å². The Hall–Kier alpha value is -3.15. The Balaban J connectivity index is 2.03. The Morgan fingerprint density at radius 2 is 1.75 bits per heavy atom. The van der Waals surface area contributed by atoms with E-state index in [2.05, 4.69) is 27.0 Å². The smallest absolute Gasteiger partial charge is 0.283 e. The van der Waals surface area contributed by atoms with E-state index in [-0.39, 0.29) is 5.56 Å². The molecule has 3 rings (SSSR count). The molecule has 0 spiro atoms. The first-order valence-electron chi connectivity index (χ1n) is 7.60. The molecule has 0 saturated heterocycles. The van der Waals surface area contributed by atoms with Crippen LogP contribution >= 0.6 is 0 Å². The summed E-state index contributed by atoms with van der Waals surface area (Å²) in [6.07, 6.45) is 1.64. The zero-order chi connectivity index (χ0) is 17.3.